The van der Waals surface area contributed by atoms with Crippen LogP contribution >= 0.6 is 0 Å². The molecule has 0 amide bonds. The zero-order chi connectivity index (χ0) is 25.1. The summed E-state index contributed by atoms with van der Waals surface area (Å²) >= 11 is 0. The molecular weight excluding hydrogens is 428 g/mol. The third kappa shape index (κ3) is 11.2. The molecule has 0 aliphatic heterocycles. The summed E-state index contributed by atoms with van der Waals surface area (Å²) in [4.78, 5) is 13.0. The van der Waals surface area contributed by atoms with Gasteiger partial charge in [-0.25, -0.2) is 0 Å². The lowest BCUT2D eigenvalue weighted by atomic mass is 9.82. The van der Waals surface area contributed by atoms with E-state index in [1.807, 2.05) is 0 Å². The minimum atomic E-state index is -0.176. The molecule has 2 rings (SSSR count). The molecule has 0 radical (unpaired) electrons. The van der Waals surface area contributed by atoms with Crippen molar-refractivity contribution in [3.05, 3.63) is 48.0 Å². The van der Waals surface area contributed by atoms with Gasteiger partial charge in [0.15, 0.2) is 0 Å². The summed E-state index contributed by atoms with van der Waals surface area (Å²) in [6, 6.07) is 14.8. The molecule has 0 N–H and O–H groups in total. The maximum absolute atomic E-state index is 13.0. The Balaban J connectivity index is 2.01. The second kappa shape index (κ2) is 18.4. The Labute approximate surface area is 216 Å². The second-order valence-corrected chi connectivity index (χ2v) is 10.6. The average Bonchev–Trinajstić information content (AvgIpc) is 2.89. The van der Waals surface area contributed by atoms with E-state index in [0.29, 0.717) is 5.92 Å². The summed E-state index contributed by atoms with van der Waals surface area (Å²) in [5.74, 6) is 0.333. The van der Waals surface area contributed by atoms with Gasteiger partial charge in [-0.05, 0) is 28.7 Å². The van der Waals surface area contributed by atoms with Crippen molar-refractivity contribution >= 4 is 16.7 Å². The molecular formula is C33H52O2. The average molecular weight is 481 g/mol. The van der Waals surface area contributed by atoms with Gasteiger partial charge in [0, 0.05) is 0 Å². The normalized spacial score (nSPS) is 13.1. The van der Waals surface area contributed by atoms with Crippen molar-refractivity contribution in [1.29, 1.82) is 0 Å². The third-order valence-corrected chi connectivity index (χ3v) is 7.69. The van der Waals surface area contributed by atoms with Crippen LogP contribution in [-0.2, 0) is 9.53 Å². The van der Waals surface area contributed by atoms with Gasteiger partial charge in [0.2, 0.25) is 0 Å². The quantitative estimate of drug-likeness (QED) is 0.139. The van der Waals surface area contributed by atoms with Crippen LogP contribution in [0, 0.1) is 5.92 Å². The molecule has 2 unspecified atom stereocenters. The zero-order valence-corrected chi connectivity index (χ0v) is 23.0. The van der Waals surface area contributed by atoms with Crippen LogP contribution in [0.1, 0.15) is 134 Å². The SMILES string of the molecule is CCCCCCCCCCC(CCCCCCCC)CC(C(=O)OC)c1cccc2ccccc12. The Kier molecular flexibility index (Phi) is 15.5. The summed E-state index contributed by atoms with van der Waals surface area (Å²) in [6.07, 6.45) is 22.2. The molecule has 2 atom stereocenters. The van der Waals surface area contributed by atoms with Crippen LogP contribution in [0.4, 0.5) is 0 Å². The number of hydrogen-bond acceptors (Lipinski definition) is 2. The molecule has 2 heteroatoms. The van der Waals surface area contributed by atoms with Crippen LogP contribution in [0.25, 0.3) is 10.8 Å². The van der Waals surface area contributed by atoms with E-state index in [1.165, 1.54) is 114 Å². The number of unbranched alkanes of at least 4 members (excludes halogenated alkanes) is 12. The van der Waals surface area contributed by atoms with E-state index in [4.69, 9.17) is 4.74 Å². The summed E-state index contributed by atoms with van der Waals surface area (Å²) in [5.41, 5.74) is 1.14. The van der Waals surface area contributed by atoms with Crippen LogP contribution in [0.2, 0.25) is 0 Å². The second-order valence-electron chi connectivity index (χ2n) is 10.6. The fourth-order valence-corrected chi connectivity index (χ4v) is 5.54. The highest BCUT2D eigenvalue weighted by Gasteiger charge is 2.26. The molecule has 0 heterocycles. The first-order valence-electron chi connectivity index (χ1n) is 14.8. The maximum Gasteiger partial charge on any atom is 0.313 e. The Morgan fingerprint density at radius 1 is 0.686 bits per heavy atom. The van der Waals surface area contributed by atoms with Crippen LogP contribution < -0.4 is 0 Å². The number of methoxy groups -OCH3 is 1. The van der Waals surface area contributed by atoms with E-state index >= 15 is 0 Å². The van der Waals surface area contributed by atoms with E-state index in [0.717, 1.165) is 12.0 Å². The van der Waals surface area contributed by atoms with Gasteiger partial charge in [-0.15, -0.1) is 0 Å². The van der Waals surface area contributed by atoms with Gasteiger partial charge >= 0.3 is 5.97 Å². The number of carbonyl (C=O) groups is 1. The van der Waals surface area contributed by atoms with Crippen LogP contribution in [-0.4, -0.2) is 13.1 Å². The summed E-state index contributed by atoms with van der Waals surface area (Å²) in [7, 11) is 1.54. The fraction of sp³-hybridized carbons (Fsp3) is 0.667. The highest BCUT2D eigenvalue weighted by atomic mass is 16.5. The number of rotatable bonds is 20. The van der Waals surface area contributed by atoms with E-state index in [1.54, 1.807) is 7.11 Å². The lowest BCUT2D eigenvalue weighted by molar-refractivity contribution is -0.142. The number of hydrogen-bond donors (Lipinski definition) is 0. The van der Waals surface area contributed by atoms with Crippen molar-refractivity contribution in [3.8, 4) is 0 Å². The highest BCUT2D eigenvalue weighted by molar-refractivity contribution is 5.91. The van der Waals surface area contributed by atoms with Crippen LogP contribution in [0.5, 0.6) is 0 Å². The molecule has 0 saturated carbocycles. The summed E-state index contributed by atoms with van der Waals surface area (Å²) in [5, 5.41) is 2.39. The van der Waals surface area contributed by atoms with Gasteiger partial charge in [-0.1, -0.05) is 159 Å². The molecule has 2 aromatic carbocycles. The molecule has 0 aliphatic rings. The first kappa shape index (κ1) is 29.4. The van der Waals surface area contributed by atoms with Crippen molar-refractivity contribution in [2.45, 2.75) is 129 Å². The van der Waals surface area contributed by atoms with Gasteiger partial charge in [-0.3, -0.25) is 4.79 Å². The molecule has 0 fully saturated rings. The largest absolute Gasteiger partial charge is 0.469 e. The molecule has 0 saturated heterocycles. The molecule has 2 nitrogen and oxygen atoms in total. The number of fused-ring (bicyclic) bond motifs is 1. The monoisotopic (exact) mass is 480 g/mol. The van der Waals surface area contributed by atoms with Crippen molar-refractivity contribution in [2.24, 2.45) is 5.92 Å². The van der Waals surface area contributed by atoms with Gasteiger partial charge in [0.25, 0.3) is 0 Å². The first-order valence-corrected chi connectivity index (χ1v) is 14.8. The minimum absolute atomic E-state index is 0.0785. The highest BCUT2D eigenvalue weighted by Crippen LogP contribution is 2.35. The molecule has 0 aliphatic carbocycles. The number of benzene rings is 2. The van der Waals surface area contributed by atoms with E-state index in [2.05, 4.69) is 56.3 Å². The van der Waals surface area contributed by atoms with Crippen molar-refractivity contribution < 1.29 is 9.53 Å². The summed E-state index contributed by atoms with van der Waals surface area (Å²) in [6.45, 7) is 4.56. The standard InChI is InChI=1S/C33H52O2/c1-4-6-8-10-12-13-15-17-22-28(21-16-14-11-9-7-5-2)27-32(33(34)35-3)31-26-20-24-29-23-18-19-25-30(29)31/h18-20,23-26,28,32H,4-17,21-22,27H2,1-3H3. The van der Waals surface area contributed by atoms with E-state index < -0.39 is 0 Å². The van der Waals surface area contributed by atoms with Crippen molar-refractivity contribution in [1.82, 2.24) is 0 Å². The smallest absolute Gasteiger partial charge is 0.313 e. The Hall–Kier alpha value is -1.83. The number of esters is 1. The van der Waals surface area contributed by atoms with Crippen LogP contribution in [0.15, 0.2) is 42.5 Å². The predicted molar refractivity (Wildman–Crippen MR) is 152 cm³/mol. The minimum Gasteiger partial charge on any atom is -0.469 e. The Morgan fingerprint density at radius 3 is 1.77 bits per heavy atom. The van der Waals surface area contributed by atoms with Gasteiger partial charge in [-0.2, -0.15) is 0 Å². The van der Waals surface area contributed by atoms with Gasteiger partial charge in [0.1, 0.15) is 0 Å². The lowest BCUT2D eigenvalue weighted by Gasteiger charge is -2.24. The van der Waals surface area contributed by atoms with Gasteiger partial charge < -0.3 is 4.74 Å². The Morgan fingerprint density at radius 2 is 1.20 bits per heavy atom. The molecule has 2 aromatic rings. The van der Waals surface area contributed by atoms with Gasteiger partial charge in [0.05, 0.1) is 13.0 Å². The molecule has 35 heavy (non-hydrogen) atoms. The maximum atomic E-state index is 13.0. The molecule has 0 aromatic heterocycles. The third-order valence-electron chi connectivity index (χ3n) is 7.69. The zero-order valence-electron chi connectivity index (χ0n) is 23.0. The summed E-state index contributed by atoms with van der Waals surface area (Å²) < 4.78 is 5.34. The Bertz CT molecular complexity index is 806. The van der Waals surface area contributed by atoms with E-state index in [-0.39, 0.29) is 11.9 Å². The topological polar surface area (TPSA) is 26.3 Å². The van der Waals surface area contributed by atoms with Crippen LogP contribution in [0.3, 0.4) is 0 Å². The van der Waals surface area contributed by atoms with E-state index in [9.17, 15) is 4.79 Å². The molecule has 0 spiro atoms. The predicted octanol–water partition coefficient (Wildman–Crippen LogP) is 10.4. The van der Waals surface area contributed by atoms with Crippen molar-refractivity contribution in [2.75, 3.05) is 7.11 Å². The molecule has 0 bridgehead atoms. The first-order chi connectivity index (χ1) is 17.2. The number of carbonyl (C=O) groups excluding carboxylic acids is 1. The van der Waals surface area contributed by atoms with Crippen molar-refractivity contribution in [3.63, 3.8) is 0 Å². The lowest BCUT2D eigenvalue weighted by Crippen LogP contribution is -2.19. The number of ether oxygens (including phenoxy) is 1. The fourth-order valence-electron chi connectivity index (χ4n) is 5.54. The molecule has 196 valence electrons.